The van der Waals surface area contributed by atoms with E-state index in [1.165, 1.54) is 39.2 Å². The van der Waals surface area contributed by atoms with Crippen molar-refractivity contribution in [1.82, 2.24) is 0 Å². The van der Waals surface area contributed by atoms with Crippen molar-refractivity contribution in [3.8, 4) is 5.75 Å². The summed E-state index contributed by atoms with van der Waals surface area (Å²) in [6, 6.07) is 11.8. The summed E-state index contributed by atoms with van der Waals surface area (Å²) >= 11 is 3.84. The van der Waals surface area contributed by atoms with Crippen molar-refractivity contribution >= 4 is 29.5 Å². The molecule has 0 atom stereocenters. The van der Waals surface area contributed by atoms with E-state index < -0.39 is 0 Å². The van der Waals surface area contributed by atoms with Crippen LogP contribution in [0.5, 0.6) is 5.75 Å². The molecule has 2 rings (SSSR count). The fraction of sp³-hybridized carbons (Fsp3) is 0.605. The zero-order valence-corrected chi connectivity index (χ0v) is 31.4. The molecule has 240 valence electrons. The normalized spacial score (nSPS) is 13.2. The Morgan fingerprint density at radius 3 is 1.44 bits per heavy atom. The number of carbonyl (C=O) groups is 1. The monoisotopic (exact) mass is 626 g/mol. The van der Waals surface area contributed by atoms with Gasteiger partial charge in [-0.2, -0.15) is 0 Å². The molecule has 3 nitrogen and oxygen atoms in total. The minimum atomic E-state index is -0.208. The van der Waals surface area contributed by atoms with E-state index in [-0.39, 0.29) is 31.7 Å². The molecule has 0 aliphatic heterocycles. The second kappa shape index (κ2) is 13.6. The molecule has 0 saturated carbocycles. The third-order valence-electron chi connectivity index (χ3n) is 7.35. The summed E-state index contributed by atoms with van der Waals surface area (Å²) in [5.41, 5.74) is 4.97. The van der Waals surface area contributed by atoms with Crippen LogP contribution < -0.4 is 4.74 Å². The van der Waals surface area contributed by atoms with Gasteiger partial charge in [0.1, 0.15) is 5.75 Å². The highest BCUT2D eigenvalue weighted by atomic mass is 32.2. The van der Waals surface area contributed by atoms with Crippen LogP contribution in [0.15, 0.2) is 52.5 Å². The van der Waals surface area contributed by atoms with Gasteiger partial charge in [0.2, 0.25) is 0 Å². The lowest BCUT2D eigenvalue weighted by Crippen LogP contribution is -2.20. The molecule has 0 saturated heterocycles. The Balaban J connectivity index is 2.52. The first-order valence-electron chi connectivity index (χ1n) is 15.5. The predicted molar refractivity (Wildman–Crippen MR) is 189 cm³/mol. The van der Waals surface area contributed by atoms with E-state index in [1.807, 2.05) is 23.5 Å². The minimum Gasteiger partial charge on any atom is -0.469 e. The average molecular weight is 627 g/mol. The third-order valence-corrected chi connectivity index (χ3v) is 9.78. The molecule has 0 fully saturated rings. The fourth-order valence-electron chi connectivity index (χ4n) is 4.73. The van der Waals surface area contributed by atoms with E-state index in [1.54, 1.807) is 0 Å². The van der Waals surface area contributed by atoms with Gasteiger partial charge in [-0.1, -0.05) is 95.7 Å². The molecule has 43 heavy (non-hydrogen) atoms. The Kier molecular flexibility index (Phi) is 11.9. The van der Waals surface area contributed by atoms with Crippen LogP contribution in [0, 0.1) is 0 Å². The van der Waals surface area contributed by atoms with Crippen LogP contribution in [0.2, 0.25) is 0 Å². The van der Waals surface area contributed by atoms with Gasteiger partial charge in [-0.25, -0.2) is 0 Å². The molecule has 0 N–H and O–H groups in total. The number of allylic oxidation sites excluding steroid dienone is 1. The summed E-state index contributed by atoms with van der Waals surface area (Å²) in [6.45, 7) is 36.1. The van der Waals surface area contributed by atoms with Crippen LogP contribution in [0.4, 0.5) is 0 Å². The topological polar surface area (TPSA) is 35.5 Å². The van der Waals surface area contributed by atoms with Crippen LogP contribution in [-0.2, 0) is 31.2 Å². The fourth-order valence-corrected chi connectivity index (χ4v) is 7.33. The van der Waals surface area contributed by atoms with Crippen molar-refractivity contribution in [2.24, 2.45) is 0 Å². The lowest BCUT2D eigenvalue weighted by Gasteiger charge is -2.32. The number of rotatable bonds is 10. The lowest BCUT2D eigenvalue weighted by atomic mass is 9.79. The van der Waals surface area contributed by atoms with Crippen molar-refractivity contribution < 1.29 is 14.3 Å². The van der Waals surface area contributed by atoms with Crippen molar-refractivity contribution in [3.05, 3.63) is 64.9 Å². The van der Waals surface area contributed by atoms with E-state index in [2.05, 4.69) is 134 Å². The molecule has 0 aromatic heterocycles. The number of hydrogen-bond donors (Lipinski definition) is 0. The van der Waals surface area contributed by atoms with Gasteiger partial charge in [0.15, 0.2) is 0 Å². The van der Waals surface area contributed by atoms with E-state index in [9.17, 15) is 4.79 Å². The summed E-state index contributed by atoms with van der Waals surface area (Å²) < 4.78 is 11.2. The smallest absolute Gasteiger partial charge is 0.305 e. The Morgan fingerprint density at radius 2 is 1.07 bits per heavy atom. The molecule has 2 aromatic carbocycles. The predicted octanol–water partition coefficient (Wildman–Crippen LogP) is 11.7. The first kappa shape index (κ1) is 37.3. The Hall–Kier alpha value is -1.85. The van der Waals surface area contributed by atoms with Gasteiger partial charge in [0, 0.05) is 33.8 Å². The van der Waals surface area contributed by atoms with Crippen LogP contribution in [0.25, 0.3) is 0 Å². The number of methoxy groups -OCH3 is 1. The highest BCUT2D eigenvalue weighted by molar-refractivity contribution is 8.18. The summed E-state index contributed by atoms with van der Waals surface area (Å²) in [4.78, 5) is 14.2. The molecule has 2 aromatic rings. The zero-order valence-electron chi connectivity index (χ0n) is 29.8. The van der Waals surface area contributed by atoms with Crippen LogP contribution in [0.3, 0.4) is 0 Å². The number of benzene rings is 2. The largest absolute Gasteiger partial charge is 0.469 e. The van der Waals surface area contributed by atoms with Gasteiger partial charge in [-0.05, 0) is 77.3 Å². The molecule has 0 aliphatic carbocycles. The molecule has 0 radical (unpaired) electrons. The zero-order chi connectivity index (χ0) is 33.2. The first-order chi connectivity index (χ1) is 19.3. The number of carbonyl (C=O) groups excluding carboxylic acids is 1. The first-order valence-corrected chi connectivity index (χ1v) is 17.1. The molecule has 0 bridgehead atoms. The van der Waals surface area contributed by atoms with Crippen LogP contribution >= 0.6 is 23.5 Å². The van der Waals surface area contributed by atoms with E-state index in [0.717, 1.165) is 5.75 Å². The number of hydrogen-bond acceptors (Lipinski definition) is 5. The van der Waals surface area contributed by atoms with Gasteiger partial charge in [-0.15, -0.1) is 23.5 Å². The van der Waals surface area contributed by atoms with Gasteiger partial charge >= 0.3 is 5.97 Å². The molecule has 0 spiro atoms. The molecule has 0 aliphatic rings. The highest BCUT2D eigenvalue weighted by Gasteiger charge is 2.31. The van der Waals surface area contributed by atoms with E-state index >= 15 is 0 Å². The quantitative estimate of drug-likeness (QED) is 0.113. The van der Waals surface area contributed by atoms with Crippen molar-refractivity contribution in [2.75, 3.05) is 7.11 Å². The van der Waals surface area contributed by atoms with Gasteiger partial charge in [0.25, 0.3) is 0 Å². The maximum Gasteiger partial charge on any atom is 0.305 e. The standard InChI is InChI=1S/C38H58O3S2/c1-25(18-17-19-32(39)40-16)41-33-30(36(8,9)10)23-29(24-31(33)37(11,12)13)43-38(14,15)42-28-21-26(34(2,3)4)20-27(22-28)35(5,6)7/h20-24H,1,17-19H2,2-16H3. The SMILES string of the molecule is C=C(CCCC(=O)OC)Oc1c(C(C)(C)C)cc(SC(C)(C)Sc2cc(C(C)(C)C)cc(C(C)(C)C)c2)cc1C(C)(C)C. The van der Waals surface area contributed by atoms with Crippen LogP contribution in [0.1, 0.15) is 138 Å². The molecule has 0 amide bonds. The van der Waals surface area contributed by atoms with Gasteiger partial charge in [0.05, 0.1) is 16.9 Å². The van der Waals surface area contributed by atoms with Gasteiger partial charge < -0.3 is 9.47 Å². The second-order valence-electron chi connectivity index (χ2n) is 16.3. The molecule has 0 heterocycles. The summed E-state index contributed by atoms with van der Waals surface area (Å²) in [6.07, 6.45) is 1.61. The second-order valence-corrected chi connectivity index (χ2v) is 19.9. The van der Waals surface area contributed by atoms with E-state index in [0.29, 0.717) is 25.0 Å². The van der Waals surface area contributed by atoms with Crippen LogP contribution in [-0.4, -0.2) is 17.2 Å². The summed E-state index contributed by atoms with van der Waals surface area (Å²) in [5, 5.41) is 0. The molecular formula is C38H58O3S2. The third kappa shape index (κ3) is 11.2. The van der Waals surface area contributed by atoms with Gasteiger partial charge in [-0.3, -0.25) is 4.79 Å². The molecule has 0 unspecified atom stereocenters. The Labute approximate surface area is 272 Å². The summed E-state index contributed by atoms with van der Waals surface area (Å²) in [7, 11) is 1.42. The number of thioether (sulfide) groups is 2. The average Bonchev–Trinajstić information content (AvgIpc) is 2.81. The Bertz CT molecular complexity index is 1230. The minimum absolute atomic E-state index is 0.0796. The van der Waals surface area contributed by atoms with E-state index in [4.69, 9.17) is 9.47 Å². The Morgan fingerprint density at radius 1 is 0.651 bits per heavy atom. The number of ether oxygens (including phenoxy) is 2. The maximum atomic E-state index is 11.6. The lowest BCUT2D eigenvalue weighted by molar-refractivity contribution is -0.140. The highest BCUT2D eigenvalue weighted by Crippen LogP contribution is 2.50. The maximum absolute atomic E-state index is 11.6. The molecular weight excluding hydrogens is 569 g/mol. The summed E-state index contributed by atoms with van der Waals surface area (Å²) in [5.74, 6) is 1.36. The molecule has 5 heteroatoms. The van der Waals surface area contributed by atoms with Crippen molar-refractivity contribution in [2.45, 2.75) is 152 Å². The van der Waals surface area contributed by atoms with Crippen molar-refractivity contribution in [3.63, 3.8) is 0 Å². The van der Waals surface area contributed by atoms with Crippen molar-refractivity contribution in [1.29, 1.82) is 0 Å². The number of esters is 1.